The van der Waals surface area contributed by atoms with Crippen LogP contribution in [0.4, 0.5) is 0 Å². The van der Waals surface area contributed by atoms with Crippen LogP contribution in [0.2, 0.25) is 9.36 Å². The molecule has 1 aromatic carbocycles. The van der Waals surface area contributed by atoms with E-state index in [9.17, 15) is 4.79 Å². The Kier molecular flexibility index (Phi) is 7.24. The Hall–Kier alpha value is -1.97. The van der Waals surface area contributed by atoms with Gasteiger partial charge in [0.05, 0.1) is 24.0 Å². The molecule has 0 saturated carbocycles. The fraction of sp³-hybridized carbons (Fsp3) is 0.381. The van der Waals surface area contributed by atoms with Crippen LogP contribution in [0, 0.1) is 0 Å². The minimum absolute atomic E-state index is 0.113. The number of halogens is 2. The van der Waals surface area contributed by atoms with Crippen LogP contribution < -0.4 is 0 Å². The average molecular weight is 480 g/mol. The molecule has 1 fully saturated rings. The molecule has 0 unspecified atom stereocenters. The van der Waals surface area contributed by atoms with Crippen LogP contribution in [-0.2, 0) is 17.9 Å². The minimum atomic E-state index is 0.113. The van der Waals surface area contributed by atoms with E-state index in [0.29, 0.717) is 36.4 Å². The first kappa shape index (κ1) is 22.2. The third-order valence-electron chi connectivity index (χ3n) is 5.20. The molecule has 1 aliphatic heterocycles. The number of hydrogen-bond acceptors (Lipinski definition) is 7. The first-order valence-electron chi connectivity index (χ1n) is 9.97. The minimum Gasteiger partial charge on any atom is -0.340 e. The summed E-state index contributed by atoms with van der Waals surface area (Å²) >= 11 is 13.4. The summed E-state index contributed by atoms with van der Waals surface area (Å²) in [6.45, 7) is 4.94. The molecule has 2 aromatic heterocycles. The first-order chi connectivity index (χ1) is 15.0. The normalized spacial score (nSPS) is 15.3. The second-order valence-electron chi connectivity index (χ2n) is 7.53. The average Bonchev–Trinajstić information content (AvgIpc) is 3.39. The summed E-state index contributed by atoms with van der Waals surface area (Å²) in [6, 6.07) is 11.2. The molecule has 3 heterocycles. The van der Waals surface area contributed by atoms with Crippen molar-refractivity contribution in [2.75, 3.05) is 39.8 Å². The second kappa shape index (κ2) is 10.1. The number of thiophene rings is 1. The number of aromatic nitrogens is 2. The van der Waals surface area contributed by atoms with Gasteiger partial charge in [-0.3, -0.25) is 14.6 Å². The lowest BCUT2D eigenvalue weighted by Crippen LogP contribution is -2.49. The van der Waals surface area contributed by atoms with E-state index >= 15 is 0 Å². The first-order valence-corrected chi connectivity index (χ1v) is 11.5. The Labute approximate surface area is 195 Å². The molecule has 1 saturated heterocycles. The third kappa shape index (κ3) is 6.05. The van der Waals surface area contributed by atoms with Gasteiger partial charge in [-0.2, -0.15) is 4.98 Å². The number of carbonyl (C=O) groups excluding carboxylic acids is 1. The Balaban J connectivity index is 1.22. The van der Waals surface area contributed by atoms with Crippen LogP contribution in [0.25, 0.3) is 11.4 Å². The molecule has 31 heavy (non-hydrogen) atoms. The Morgan fingerprint density at radius 2 is 1.81 bits per heavy atom. The number of carbonyl (C=O) groups is 1. The number of benzene rings is 1. The van der Waals surface area contributed by atoms with Crippen LogP contribution in [-0.4, -0.2) is 70.5 Å². The lowest BCUT2D eigenvalue weighted by molar-refractivity contribution is -0.132. The van der Waals surface area contributed by atoms with E-state index < -0.39 is 0 Å². The SMILES string of the molecule is CN(Cc1ccc(Cl)s1)C(=O)CN1CCN(Cc2nc(-c3ccc(Cl)cc3)no2)CC1. The molecule has 0 spiro atoms. The van der Waals surface area contributed by atoms with Gasteiger partial charge >= 0.3 is 0 Å². The zero-order valence-electron chi connectivity index (χ0n) is 17.1. The highest BCUT2D eigenvalue weighted by molar-refractivity contribution is 7.16. The van der Waals surface area contributed by atoms with Gasteiger partial charge in [-0.15, -0.1) is 11.3 Å². The predicted molar refractivity (Wildman–Crippen MR) is 122 cm³/mol. The number of amides is 1. The highest BCUT2D eigenvalue weighted by Gasteiger charge is 2.22. The molecule has 1 amide bonds. The molecular weight excluding hydrogens is 457 g/mol. The summed E-state index contributed by atoms with van der Waals surface area (Å²) in [5, 5.41) is 4.74. The van der Waals surface area contributed by atoms with Crippen LogP contribution in [0.15, 0.2) is 40.9 Å². The standard InChI is InChI=1S/C21H23Cl2N5O2S/c1-26(12-17-6-7-18(23)31-17)20(29)14-28-10-8-27(9-11-28)13-19-24-21(25-30-19)15-2-4-16(22)5-3-15/h2-7H,8-14H2,1H3. The van der Waals surface area contributed by atoms with Gasteiger partial charge in [-0.05, 0) is 36.4 Å². The maximum Gasteiger partial charge on any atom is 0.241 e. The third-order valence-corrected chi connectivity index (χ3v) is 6.67. The van der Waals surface area contributed by atoms with Crippen LogP contribution in [0.3, 0.4) is 0 Å². The summed E-state index contributed by atoms with van der Waals surface area (Å²) in [5.41, 5.74) is 0.872. The number of piperazine rings is 1. The van der Waals surface area contributed by atoms with Crippen LogP contribution in [0.1, 0.15) is 10.8 Å². The van der Waals surface area contributed by atoms with E-state index in [4.69, 9.17) is 27.7 Å². The maximum absolute atomic E-state index is 12.6. The fourth-order valence-corrected chi connectivity index (χ4v) is 4.67. The second-order valence-corrected chi connectivity index (χ2v) is 9.76. The largest absolute Gasteiger partial charge is 0.340 e. The van der Waals surface area contributed by atoms with E-state index in [1.54, 1.807) is 17.0 Å². The van der Waals surface area contributed by atoms with E-state index in [0.717, 1.165) is 41.0 Å². The van der Waals surface area contributed by atoms with Crippen molar-refractivity contribution in [1.29, 1.82) is 0 Å². The lowest BCUT2D eigenvalue weighted by atomic mass is 10.2. The van der Waals surface area contributed by atoms with Gasteiger partial charge in [-0.25, -0.2) is 0 Å². The Morgan fingerprint density at radius 1 is 1.10 bits per heavy atom. The fourth-order valence-electron chi connectivity index (χ4n) is 3.40. The Bertz CT molecular complexity index is 1010. The van der Waals surface area contributed by atoms with Gasteiger partial charge in [0.2, 0.25) is 17.6 Å². The van der Waals surface area contributed by atoms with Crippen molar-refractivity contribution in [3.63, 3.8) is 0 Å². The topological polar surface area (TPSA) is 65.7 Å². The molecule has 0 N–H and O–H groups in total. The van der Waals surface area contributed by atoms with Crippen molar-refractivity contribution in [3.8, 4) is 11.4 Å². The molecule has 1 aliphatic rings. The van der Waals surface area contributed by atoms with Crippen molar-refractivity contribution >= 4 is 40.4 Å². The molecule has 164 valence electrons. The highest BCUT2D eigenvalue weighted by Crippen LogP contribution is 2.22. The summed E-state index contributed by atoms with van der Waals surface area (Å²) < 4.78 is 6.16. The van der Waals surface area contributed by atoms with Crippen molar-refractivity contribution < 1.29 is 9.32 Å². The molecular formula is C21H23Cl2N5O2S. The number of likely N-dealkylation sites (N-methyl/N-ethyl adjacent to an activating group) is 1. The smallest absolute Gasteiger partial charge is 0.241 e. The van der Waals surface area contributed by atoms with Gasteiger partial charge in [-0.1, -0.05) is 28.4 Å². The zero-order valence-corrected chi connectivity index (χ0v) is 19.5. The number of rotatable bonds is 7. The van der Waals surface area contributed by atoms with E-state index in [1.165, 1.54) is 11.3 Å². The quantitative estimate of drug-likeness (QED) is 0.512. The molecule has 4 rings (SSSR count). The van der Waals surface area contributed by atoms with Gasteiger partial charge in [0.1, 0.15) is 0 Å². The van der Waals surface area contributed by atoms with Crippen molar-refractivity contribution in [1.82, 2.24) is 24.8 Å². The maximum atomic E-state index is 12.6. The number of nitrogens with zero attached hydrogens (tertiary/aromatic N) is 5. The van der Waals surface area contributed by atoms with Gasteiger partial charge in [0, 0.05) is 48.7 Å². The lowest BCUT2D eigenvalue weighted by Gasteiger charge is -2.34. The Morgan fingerprint density at radius 3 is 2.48 bits per heavy atom. The molecule has 0 aliphatic carbocycles. The summed E-state index contributed by atoms with van der Waals surface area (Å²) in [4.78, 5) is 24.3. The molecule has 0 bridgehead atoms. The van der Waals surface area contributed by atoms with Crippen molar-refractivity contribution in [3.05, 3.63) is 56.5 Å². The summed E-state index contributed by atoms with van der Waals surface area (Å²) in [7, 11) is 1.83. The number of hydrogen-bond donors (Lipinski definition) is 0. The van der Waals surface area contributed by atoms with E-state index in [-0.39, 0.29) is 5.91 Å². The van der Waals surface area contributed by atoms with Crippen LogP contribution in [0.5, 0.6) is 0 Å². The van der Waals surface area contributed by atoms with Gasteiger partial charge < -0.3 is 9.42 Å². The zero-order chi connectivity index (χ0) is 21.8. The van der Waals surface area contributed by atoms with Gasteiger partial charge in [0.15, 0.2) is 0 Å². The monoisotopic (exact) mass is 479 g/mol. The van der Waals surface area contributed by atoms with E-state index in [2.05, 4.69) is 19.9 Å². The predicted octanol–water partition coefficient (Wildman–Crippen LogP) is 3.88. The summed E-state index contributed by atoms with van der Waals surface area (Å²) in [6.07, 6.45) is 0. The van der Waals surface area contributed by atoms with Crippen molar-refractivity contribution in [2.24, 2.45) is 0 Å². The van der Waals surface area contributed by atoms with E-state index in [1.807, 2.05) is 31.3 Å². The van der Waals surface area contributed by atoms with Gasteiger partial charge in [0.25, 0.3) is 0 Å². The molecule has 0 atom stereocenters. The van der Waals surface area contributed by atoms with Crippen molar-refractivity contribution in [2.45, 2.75) is 13.1 Å². The molecule has 0 radical (unpaired) electrons. The molecule has 3 aromatic rings. The highest BCUT2D eigenvalue weighted by atomic mass is 35.5. The molecule has 7 nitrogen and oxygen atoms in total. The van der Waals surface area contributed by atoms with Crippen LogP contribution >= 0.6 is 34.5 Å². The molecule has 10 heteroatoms. The summed E-state index contributed by atoms with van der Waals surface area (Å²) in [5.74, 6) is 1.26.